The molecule has 0 N–H and O–H groups in total. The molecule has 8 nitrogen and oxygen atoms in total. The lowest BCUT2D eigenvalue weighted by Crippen LogP contribution is -2.39. The van der Waals surface area contributed by atoms with Crippen molar-refractivity contribution in [2.75, 3.05) is 34.0 Å². The molecule has 9 heteroatoms. The van der Waals surface area contributed by atoms with Gasteiger partial charge in [0.1, 0.15) is 4.90 Å². The Morgan fingerprint density at radius 2 is 1.77 bits per heavy atom. The number of nitrogens with zero attached hydrogens (tertiary/aromatic N) is 2. The minimum Gasteiger partial charge on any atom is -0.492 e. The molecule has 0 radical (unpaired) electrons. The van der Waals surface area contributed by atoms with Crippen molar-refractivity contribution in [2.24, 2.45) is 0 Å². The van der Waals surface area contributed by atoms with Gasteiger partial charge in [-0.2, -0.15) is 4.31 Å². The smallest absolute Gasteiger partial charge is 0.257 e. The molecular weight excluding hydrogens is 408 g/mol. The zero-order chi connectivity index (χ0) is 21.0. The number of sulfonamides is 1. The molecule has 0 saturated carbocycles. The maximum absolute atomic E-state index is 13.8. The summed E-state index contributed by atoms with van der Waals surface area (Å²) in [6.07, 6.45) is 1.03. The van der Waals surface area contributed by atoms with Gasteiger partial charge in [-0.1, -0.05) is 24.3 Å². The summed E-state index contributed by atoms with van der Waals surface area (Å²) in [5.41, 5.74) is 2.83. The molecule has 3 aliphatic rings. The Balaban J connectivity index is 1.70. The molecule has 3 heterocycles. The van der Waals surface area contributed by atoms with Crippen LogP contribution in [0, 0.1) is 0 Å². The molecule has 0 atom stereocenters. The zero-order valence-electron chi connectivity index (χ0n) is 16.8. The van der Waals surface area contributed by atoms with Crippen molar-refractivity contribution < 1.29 is 27.4 Å². The van der Waals surface area contributed by atoms with Crippen LogP contribution in [-0.4, -0.2) is 57.6 Å². The Bertz CT molecular complexity index is 1160. The first-order valence-corrected chi connectivity index (χ1v) is 11.2. The molecule has 3 aliphatic heterocycles. The number of benzene rings is 2. The van der Waals surface area contributed by atoms with Crippen molar-refractivity contribution in [1.29, 1.82) is 0 Å². The number of carbonyl (C=O) groups excluding carboxylic acids is 1. The predicted molar refractivity (Wildman–Crippen MR) is 108 cm³/mol. The molecule has 5 rings (SSSR count). The van der Waals surface area contributed by atoms with Gasteiger partial charge in [-0.15, -0.1) is 0 Å². The fraction of sp³-hybridized carbons (Fsp3) is 0.381. The molecule has 0 spiro atoms. The van der Waals surface area contributed by atoms with Crippen LogP contribution in [-0.2, 0) is 29.4 Å². The first-order chi connectivity index (χ1) is 14.4. The number of hydrogen-bond donors (Lipinski definition) is 0. The third kappa shape index (κ3) is 2.69. The topological polar surface area (TPSA) is 85.4 Å². The molecule has 0 saturated heterocycles. The summed E-state index contributed by atoms with van der Waals surface area (Å²) < 4.78 is 45.8. The number of ether oxygens (including phenoxy) is 3. The highest BCUT2D eigenvalue weighted by molar-refractivity contribution is 7.89. The van der Waals surface area contributed by atoms with Crippen LogP contribution in [0.1, 0.15) is 27.0 Å². The summed E-state index contributed by atoms with van der Waals surface area (Å²) in [7, 11) is -0.810. The Morgan fingerprint density at radius 1 is 1.03 bits per heavy atom. The van der Waals surface area contributed by atoms with E-state index in [0.717, 1.165) is 11.1 Å². The molecule has 0 fully saturated rings. The van der Waals surface area contributed by atoms with Crippen molar-refractivity contribution in [3.05, 3.63) is 46.5 Å². The van der Waals surface area contributed by atoms with Gasteiger partial charge in [0.15, 0.2) is 11.5 Å². The van der Waals surface area contributed by atoms with Gasteiger partial charge < -0.3 is 19.1 Å². The van der Waals surface area contributed by atoms with E-state index in [-0.39, 0.29) is 47.0 Å². The van der Waals surface area contributed by atoms with Gasteiger partial charge >= 0.3 is 0 Å². The zero-order valence-corrected chi connectivity index (χ0v) is 17.6. The lowest BCUT2D eigenvalue weighted by molar-refractivity contribution is 0.0775. The molecule has 2 aromatic carbocycles. The SMILES string of the molecule is COc1c2c(c(S(=O)(=O)N3CCc4ccccc4C3)c3c1C(=O)N(C)CC3)OCO2. The lowest BCUT2D eigenvalue weighted by Gasteiger charge is -2.32. The molecule has 30 heavy (non-hydrogen) atoms. The van der Waals surface area contributed by atoms with E-state index >= 15 is 0 Å². The van der Waals surface area contributed by atoms with E-state index in [9.17, 15) is 13.2 Å². The average molecular weight is 430 g/mol. The van der Waals surface area contributed by atoms with Gasteiger partial charge in [-0.05, 0) is 29.5 Å². The summed E-state index contributed by atoms with van der Waals surface area (Å²) >= 11 is 0. The summed E-state index contributed by atoms with van der Waals surface area (Å²) in [4.78, 5) is 14.5. The van der Waals surface area contributed by atoms with Crippen molar-refractivity contribution in [1.82, 2.24) is 9.21 Å². The second-order valence-corrected chi connectivity index (χ2v) is 9.49. The molecule has 0 bridgehead atoms. The van der Waals surface area contributed by atoms with E-state index < -0.39 is 10.0 Å². The number of carbonyl (C=O) groups is 1. The van der Waals surface area contributed by atoms with Crippen LogP contribution in [0.4, 0.5) is 0 Å². The van der Waals surface area contributed by atoms with Gasteiger partial charge in [0.25, 0.3) is 5.91 Å². The van der Waals surface area contributed by atoms with Gasteiger partial charge in [0, 0.05) is 26.7 Å². The number of amides is 1. The van der Waals surface area contributed by atoms with Gasteiger partial charge in [-0.25, -0.2) is 8.42 Å². The van der Waals surface area contributed by atoms with Crippen LogP contribution in [0.5, 0.6) is 17.2 Å². The van der Waals surface area contributed by atoms with Gasteiger partial charge in [0.2, 0.25) is 22.6 Å². The van der Waals surface area contributed by atoms with Crippen molar-refractivity contribution in [3.63, 3.8) is 0 Å². The predicted octanol–water partition coefficient (Wildman–Crippen LogP) is 1.80. The van der Waals surface area contributed by atoms with Crippen LogP contribution >= 0.6 is 0 Å². The van der Waals surface area contributed by atoms with E-state index in [0.29, 0.717) is 31.5 Å². The number of methoxy groups -OCH3 is 1. The molecule has 2 aromatic rings. The third-order valence-electron chi connectivity index (χ3n) is 5.98. The number of fused-ring (bicyclic) bond motifs is 3. The van der Waals surface area contributed by atoms with E-state index in [4.69, 9.17) is 14.2 Å². The Kier molecular flexibility index (Phi) is 4.41. The van der Waals surface area contributed by atoms with Gasteiger partial charge in [0.05, 0.1) is 12.7 Å². The number of hydrogen-bond acceptors (Lipinski definition) is 6. The molecule has 158 valence electrons. The fourth-order valence-corrected chi connectivity index (χ4v) is 6.23. The number of rotatable bonds is 3. The number of likely N-dealkylation sites (N-methyl/N-ethyl adjacent to an activating group) is 1. The summed E-state index contributed by atoms with van der Waals surface area (Å²) in [5, 5.41) is 0. The Hall–Kier alpha value is -2.78. The summed E-state index contributed by atoms with van der Waals surface area (Å²) in [5.74, 6) is 0.265. The van der Waals surface area contributed by atoms with Crippen LogP contribution in [0.3, 0.4) is 0 Å². The molecule has 0 unspecified atom stereocenters. The van der Waals surface area contributed by atoms with Crippen molar-refractivity contribution in [2.45, 2.75) is 24.3 Å². The summed E-state index contributed by atoms with van der Waals surface area (Å²) in [6.45, 7) is 0.941. The maximum Gasteiger partial charge on any atom is 0.257 e. The Labute approximate surface area is 175 Å². The van der Waals surface area contributed by atoms with Crippen LogP contribution in [0.2, 0.25) is 0 Å². The van der Waals surface area contributed by atoms with Crippen LogP contribution in [0.15, 0.2) is 29.2 Å². The third-order valence-corrected chi connectivity index (χ3v) is 7.92. The largest absolute Gasteiger partial charge is 0.492 e. The highest BCUT2D eigenvalue weighted by Crippen LogP contribution is 2.52. The minimum atomic E-state index is -3.94. The van der Waals surface area contributed by atoms with E-state index in [2.05, 4.69) is 0 Å². The normalized spacial score (nSPS) is 18.2. The van der Waals surface area contributed by atoms with Crippen molar-refractivity contribution in [3.8, 4) is 17.2 Å². The highest BCUT2D eigenvalue weighted by Gasteiger charge is 2.43. The molecule has 1 amide bonds. The average Bonchev–Trinajstić information content (AvgIpc) is 3.23. The minimum absolute atomic E-state index is 0.0339. The van der Waals surface area contributed by atoms with E-state index in [1.807, 2.05) is 24.3 Å². The van der Waals surface area contributed by atoms with Crippen molar-refractivity contribution >= 4 is 15.9 Å². The first-order valence-electron chi connectivity index (χ1n) is 9.78. The van der Waals surface area contributed by atoms with E-state index in [1.54, 1.807) is 11.9 Å². The monoisotopic (exact) mass is 430 g/mol. The van der Waals surface area contributed by atoms with Crippen LogP contribution < -0.4 is 14.2 Å². The molecular formula is C21H22N2O6S. The second kappa shape index (κ2) is 6.88. The highest BCUT2D eigenvalue weighted by atomic mass is 32.2. The molecule has 0 aliphatic carbocycles. The summed E-state index contributed by atoms with van der Waals surface area (Å²) in [6, 6.07) is 7.84. The first kappa shape index (κ1) is 19.2. The Morgan fingerprint density at radius 3 is 2.53 bits per heavy atom. The maximum atomic E-state index is 13.8. The lowest BCUT2D eigenvalue weighted by atomic mass is 9.97. The fourth-order valence-electron chi connectivity index (χ4n) is 4.43. The van der Waals surface area contributed by atoms with Gasteiger partial charge in [-0.3, -0.25) is 4.79 Å². The molecule has 0 aromatic heterocycles. The standard InChI is InChI=1S/C21H22N2O6S/c1-22-9-8-15-16(21(22)24)17(27-2)18-19(29-12-28-18)20(15)30(25,26)23-10-7-13-5-3-4-6-14(13)11-23/h3-6H,7-12H2,1-2H3. The van der Waals surface area contributed by atoms with E-state index in [1.165, 1.54) is 11.4 Å². The quantitative estimate of drug-likeness (QED) is 0.738. The second-order valence-electron chi connectivity index (χ2n) is 7.61. The van der Waals surface area contributed by atoms with Crippen LogP contribution in [0.25, 0.3) is 0 Å².